The minimum absolute atomic E-state index is 0.106. The van der Waals surface area contributed by atoms with E-state index in [0.29, 0.717) is 5.56 Å². The van der Waals surface area contributed by atoms with Crippen molar-refractivity contribution in [2.75, 3.05) is 18.4 Å². The predicted molar refractivity (Wildman–Crippen MR) is 98.0 cm³/mol. The van der Waals surface area contributed by atoms with Crippen LogP contribution in [-0.2, 0) is 21.2 Å². The van der Waals surface area contributed by atoms with Crippen LogP contribution in [0.2, 0.25) is 5.02 Å². The molecule has 28 heavy (non-hydrogen) atoms. The first-order valence-electron chi connectivity index (χ1n) is 7.79. The fraction of sp³-hybridized carbons (Fsp3) is 0.235. The van der Waals surface area contributed by atoms with Crippen molar-refractivity contribution in [2.45, 2.75) is 17.5 Å². The third-order valence-electron chi connectivity index (χ3n) is 3.47. The molecule has 0 saturated heterocycles. The third-order valence-corrected chi connectivity index (χ3v) is 5.11. The molecule has 0 aliphatic heterocycles. The number of anilines is 1. The number of alkyl halides is 3. The van der Waals surface area contributed by atoms with E-state index in [0.717, 1.165) is 0 Å². The molecule has 0 aliphatic rings. The zero-order chi connectivity index (χ0) is 20.9. The van der Waals surface area contributed by atoms with Gasteiger partial charge in [-0.25, -0.2) is 8.42 Å². The van der Waals surface area contributed by atoms with Gasteiger partial charge in [-0.1, -0.05) is 23.7 Å². The summed E-state index contributed by atoms with van der Waals surface area (Å²) in [5.74, 6) is -0.691. The first-order valence-corrected chi connectivity index (χ1v) is 9.65. The molecule has 2 N–H and O–H groups in total. The highest BCUT2D eigenvalue weighted by atomic mass is 35.5. The Hall–Kier alpha value is -2.46. The largest absolute Gasteiger partial charge is 0.495 e. The van der Waals surface area contributed by atoms with Crippen LogP contribution < -0.4 is 14.8 Å². The van der Waals surface area contributed by atoms with Crippen LogP contribution in [0.25, 0.3) is 0 Å². The second-order valence-electron chi connectivity index (χ2n) is 5.67. The van der Waals surface area contributed by atoms with Crippen LogP contribution in [0.15, 0.2) is 47.4 Å². The minimum atomic E-state index is -4.49. The molecule has 2 rings (SSSR count). The second-order valence-corrected chi connectivity index (χ2v) is 7.75. The monoisotopic (exact) mass is 436 g/mol. The summed E-state index contributed by atoms with van der Waals surface area (Å²) in [7, 11) is -2.68. The number of halogens is 4. The summed E-state index contributed by atoms with van der Waals surface area (Å²) in [6.45, 7) is -1.41. The van der Waals surface area contributed by atoms with Gasteiger partial charge in [0, 0.05) is 10.7 Å². The zero-order valence-corrected chi connectivity index (χ0v) is 16.1. The van der Waals surface area contributed by atoms with Gasteiger partial charge in [-0.2, -0.15) is 13.2 Å². The number of rotatable bonds is 7. The van der Waals surface area contributed by atoms with Crippen molar-refractivity contribution in [3.8, 4) is 5.75 Å². The smallest absolute Gasteiger partial charge is 0.405 e. The predicted octanol–water partition coefficient (Wildman–Crippen LogP) is 3.37. The number of hydrogen-bond acceptors (Lipinski definition) is 4. The fourth-order valence-electron chi connectivity index (χ4n) is 2.21. The summed E-state index contributed by atoms with van der Waals surface area (Å²) in [5.41, 5.74) is 0.615. The van der Waals surface area contributed by atoms with E-state index in [2.05, 4.69) is 4.72 Å². The lowest BCUT2D eigenvalue weighted by atomic mass is 10.1. The molecule has 0 radical (unpaired) electrons. The standard InChI is InChI=1S/C17H16ClF3N2O4S/c1-27-14-7-4-12(18)9-15(14)28(25,26)23-13-5-2-11(3-6-13)8-16(24)22-10-17(19,20)21/h2-7,9,23H,8,10H2,1H3,(H,22,24). The summed E-state index contributed by atoms with van der Waals surface area (Å²) in [4.78, 5) is 11.4. The molecule has 11 heteroatoms. The fourth-order valence-corrected chi connectivity index (χ4v) is 3.70. The summed E-state index contributed by atoms with van der Waals surface area (Å²) >= 11 is 5.85. The van der Waals surface area contributed by atoms with E-state index in [9.17, 15) is 26.4 Å². The molecule has 0 fully saturated rings. The zero-order valence-electron chi connectivity index (χ0n) is 14.5. The maximum atomic E-state index is 12.6. The van der Waals surface area contributed by atoms with Gasteiger partial charge in [0.2, 0.25) is 5.91 Å². The van der Waals surface area contributed by atoms with Crippen LogP contribution in [0.3, 0.4) is 0 Å². The van der Waals surface area contributed by atoms with Gasteiger partial charge in [-0.3, -0.25) is 9.52 Å². The summed E-state index contributed by atoms with van der Waals surface area (Å²) in [6, 6.07) is 9.78. The number of nitrogens with one attached hydrogen (secondary N) is 2. The highest BCUT2D eigenvalue weighted by molar-refractivity contribution is 7.92. The second kappa shape index (κ2) is 8.70. The van der Waals surface area contributed by atoms with Crippen LogP contribution >= 0.6 is 11.6 Å². The van der Waals surface area contributed by atoms with Gasteiger partial charge in [-0.15, -0.1) is 0 Å². The number of ether oxygens (including phenoxy) is 1. The lowest BCUT2D eigenvalue weighted by Crippen LogP contribution is -2.34. The van der Waals surface area contributed by atoms with E-state index < -0.39 is 28.7 Å². The van der Waals surface area contributed by atoms with E-state index >= 15 is 0 Å². The summed E-state index contributed by atoms with van der Waals surface area (Å²) < 4.78 is 68.7. The Labute approximate surface area is 164 Å². The molecule has 0 aromatic heterocycles. The van der Waals surface area contributed by atoms with Gasteiger partial charge in [0.1, 0.15) is 17.2 Å². The molecule has 2 aromatic rings. The Morgan fingerprint density at radius 1 is 1.14 bits per heavy atom. The first-order chi connectivity index (χ1) is 13.0. The molecule has 0 heterocycles. The average molecular weight is 437 g/mol. The molecule has 1 amide bonds. The third kappa shape index (κ3) is 6.31. The molecule has 0 unspecified atom stereocenters. The topological polar surface area (TPSA) is 84.5 Å². The summed E-state index contributed by atoms with van der Waals surface area (Å²) in [5, 5.41) is 1.97. The van der Waals surface area contributed by atoms with Crippen LogP contribution in [0.5, 0.6) is 5.75 Å². The van der Waals surface area contributed by atoms with Gasteiger partial charge in [0.25, 0.3) is 10.0 Å². The number of methoxy groups -OCH3 is 1. The van der Waals surface area contributed by atoms with Crippen LogP contribution in [0, 0.1) is 0 Å². The summed E-state index contributed by atoms with van der Waals surface area (Å²) in [6.07, 6.45) is -4.76. The number of sulfonamides is 1. The van der Waals surface area contributed by atoms with Crippen LogP contribution in [-0.4, -0.2) is 34.2 Å². The van der Waals surface area contributed by atoms with Crippen molar-refractivity contribution in [2.24, 2.45) is 0 Å². The van der Waals surface area contributed by atoms with E-state index in [1.807, 2.05) is 0 Å². The Balaban J connectivity index is 2.08. The number of benzene rings is 2. The van der Waals surface area contributed by atoms with Gasteiger partial charge >= 0.3 is 6.18 Å². The molecule has 0 bridgehead atoms. The van der Waals surface area contributed by atoms with Crippen LogP contribution in [0.4, 0.5) is 18.9 Å². The number of carbonyl (C=O) groups is 1. The number of amides is 1. The highest BCUT2D eigenvalue weighted by Crippen LogP contribution is 2.28. The number of hydrogen-bond donors (Lipinski definition) is 2. The quantitative estimate of drug-likeness (QED) is 0.697. The van der Waals surface area contributed by atoms with Crippen molar-refractivity contribution in [1.29, 1.82) is 0 Å². The molecule has 0 aliphatic carbocycles. The van der Waals surface area contributed by atoms with Crippen molar-refractivity contribution in [1.82, 2.24) is 5.32 Å². The van der Waals surface area contributed by atoms with Crippen molar-refractivity contribution >= 4 is 33.2 Å². The highest BCUT2D eigenvalue weighted by Gasteiger charge is 2.27. The van der Waals surface area contributed by atoms with Gasteiger partial charge in [0.05, 0.1) is 13.5 Å². The molecule has 2 aromatic carbocycles. The Morgan fingerprint density at radius 2 is 1.79 bits per heavy atom. The molecule has 6 nitrogen and oxygen atoms in total. The maximum absolute atomic E-state index is 12.6. The van der Waals surface area contributed by atoms with Gasteiger partial charge in [-0.05, 0) is 35.9 Å². The molecule has 152 valence electrons. The molecule has 0 saturated carbocycles. The first kappa shape index (κ1) is 21.8. The van der Waals surface area contributed by atoms with Crippen LogP contribution in [0.1, 0.15) is 5.56 Å². The molecular formula is C17H16ClF3N2O4S. The minimum Gasteiger partial charge on any atom is -0.495 e. The maximum Gasteiger partial charge on any atom is 0.405 e. The Bertz CT molecular complexity index is 948. The SMILES string of the molecule is COc1ccc(Cl)cc1S(=O)(=O)Nc1ccc(CC(=O)NCC(F)(F)F)cc1. The van der Waals surface area contributed by atoms with Gasteiger partial charge in [0.15, 0.2) is 0 Å². The molecular weight excluding hydrogens is 421 g/mol. The average Bonchev–Trinajstić information content (AvgIpc) is 2.61. The van der Waals surface area contributed by atoms with E-state index in [1.54, 1.807) is 5.32 Å². The lowest BCUT2D eigenvalue weighted by molar-refractivity contribution is -0.138. The normalized spacial score (nSPS) is 11.8. The van der Waals surface area contributed by atoms with E-state index in [4.69, 9.17) is 16.3 Å². The van der Waals surface area contributed by atoms with E-state index in [1.165, 1.54) is 49.6 Å². The Kier molecular flexibility index (Phi) is 6.78. The van der Waals surface area contributed by atoms with Crippen molar-refractivity contribution in [3.63, 3.8) is 0 Å². The van der Waals surface area contributed by atoms with Gasteiger partial charge < -0.3 is 10.1 Å². The van der Waals surface area contributed by atoms with E-state index in [-0.39, 0.29) is 27.8 Å². The van der Waals surface area contributed by atoms with Crippen molar-refractivity contribution in [3.05, 3.63) is 53.1 Å². The Morgan fingerprint density at radius 3 is 2.36 bits per heavy atom. The molecule has 0 atom stereocenters. The van der Waals surface area contributed by atoms with Crippen molar-refractivity contribution < 1.29 is 31.1 Å². The molecule has 0 spiro atoms. The lowest BCUT2D eigenvalue weighted by Gasteiger charge is -2.12. The number of carbonyl (C=O) groups excluding carboxylic acids is 1.